The number of rotatable bonds is 8. The minimum atomic E-state index is 0.382. The van der Waals surface area contributed by atoms with Gasteiger partial charge < -0.3 is 0 Å². The Labute approximate surface area is 117 Å². The van der Waals surface area contributed by atoms with Crippen molar-refractivity contribution < 1.29 is 0 Å². The Kier molecular flexibility index (Phi) is 6.44. The molecule has 2 unspecified atom stereocenters. The van der Waals surface area contributed by atoms with Crippen molar-refractivity contribution in [2.75, 3.05) is 0 Å². The third kappa shape index (κ3) is 2.78. The van der Waals surface area contributed by atoms with Crippen LogP contribution in [0.15, 0.2) is 0 Å². The van der Waals surface area contributed by atoms with Crippen LogP contribution in [-0.4, -0.2) is 0 Å². The zero-order valence-corrected chi connectivity index (χ0v) is 14.6. The summed E-state index contributed by atoms with van der Waals surface area (Å²) in [4.78, 5) is 0. The summed E-state index contributed by atoms with van der Waals surface area (Å²) >= 11 is 0. The summed E-state index contributed by atoms with van der Waals surface area (Å²) in [5, 5.41) is 0. The molecule has 0 fully saturated rings. The lowest BCUT2D eigenvalue weighted by molar-refractivity contribution is -0.0839. The number of hydrogen-bond acceptors (Lipinski definition) is 0. The summed E-state index contributed by atoms with van der Waals surface area (Å²) in [6.45, 7) is 22.0. The van der Waals surface area contributed by atoms with E-state index in [0.717, 1.165) is 5.92 Å². The zero-order valence-electron chi connectivity index (χ0n) is 14.6. The molecule has 0 saturated heterocycles. The first-order valence-corrected chi connectivity index (χ1v) is 8.16. The maximum atomic E-state index is 2.54. The third-order valence-corrected chi connectivity index (χ3v) is 7.04. The molecular formula is C18H38. The number of hydrogen-bond donors (Lipinski definition) is 0. The molecule has 18 heavy (non-hydrogen) atoms. The van der Waals surface area contributed by atoms with Gasteiger partial charge in [-0.3, -0.25) is 0 Å². The topological polar surface area (TPSA) is 0 Å². The van der Waals surface area contributed by atoms with Gasteiger partial charge in [-0.05, 0) is 28.6 Å². The van der Waals surface area contributed by atoms with Crippen molar-refractivity contribution in [1.82, 2.24) is 0 Å². The average Bonchev–Trinajstić information content (AvgIpc) is 2.36. The molecule has 2 atom stereocenters. The molecule has 0 saturated carbocycles. The maximum Gasteiger partial charge on any atom is -0.0244 e. The molecule has 0 N–H and O–H groups in total. The van der Waals surface area contributed by atoms with Gasteiger partial charge in [0.15, 0.2) is 0 Å². The van der Waals surface area contributed by atoms with E-state index in [1.165, 1.54) is 32.1 Å². The molecule has 0 aliphatic carbocycles. The molecule has 0 aliphatic rings. The van der Waals surface area contributed by atoms with E-state index in [1.54, 1.807) is 0 Å². The van der Waals surface area contributed by atoms with Crippen LogP contribution >= 0.6 is 0 Å². The van der Waals surface area contributed by atoms with Gasteiger partial charge in [-0.25, -0.2) is 0 Å². The van der Waals surface area contributed by atoms with Crippen molar-refractivity contribution in [3.8, 4) is 0 Å². The Balaban J connectivity index is 5.49. The lowest BCUT2D eigenvalue weighted by Gasteiger charge is -2.57. The SMILES string of the molecule is CCCC(C)C(C)(CC)C(C)(C)C(C)(CC)CC. The van der Waals surface area contributed by atoms with Crippen LogP contribution in [0.5, 0.6) is 0 Å². The monoisotopic (exact) mass is 254 g/mol. The highest BCUT2D eigenvalue weighted by Gasteiger charge is 2.51. The fourth-order valence-corrected chi connectivity index (χ4v) is 3.98. The van der Waals surface area contributed by atoms with Gasteiger partial charge >= 0.3 is 0 Å². The van der Waals surface area contributed by atoms with E-state index in [1.807, 2.05) is 0 Å². The summed E-state index contributed by atoms with van der Waals surface area (Å²) in [6, 6.07) is 0. The van der Waals surface area contributed by atoms with Crippen LogP contribution in [0.1, 0.15) is 94.4 Å². The highest BCUT2D eigenvalue weighted by molar-refractivity contribution is 5.00. The van der Waals surface area contributed by atoms with E-state index in [2.05, 4.69) is 62.3 Å². The van der Waals surface area contributed by atoms with Crippen molar-refractivity contribution in [2.24, 2.45) is 22.2 Å². The van der Waals surface area contributed by atoms with Crippen LogP contribution in [0, 0.1) is 22.2 Å². The lowest BCUT2D eigenvalue weighted by Crippen LogP contribution is -2.50. The molecule has 0 aliphatic heterocycles. The quantitative estimate of drug-likeness (QED) is 0.452. The second-order valence-corrected chi connectivity index (χ2v) is 7.35. The first-order valence-electron chi connectivity index (χ1n) is 8.16. The molecule has 0 aromatic heterocycles. The van der Waals surface area contributed by atoms with E-state index < -0.39 is 0 Å². The predicted octanol–water partition coefficient (Wildman–Crippen LogP) is 6.69. The van der Waals surface area contributed by atoms with Gasteiger partial charge in [-0.15, -0.1) is 0 Å². The highest BCUT2D eigenvalue weighted by atomic mass is 14.6. The van der Waals surface area contributed by atoms with Gasteiger partial charge in [0.25, 0.3) is 0 Å². The molecule has 0 nitrogen and oxygen atoms in total. The Morgan fingerprint density at radius 3 is 1.50 bits per heavy atom. The van der Waals surface area contributed by atoms with Gasteiger partial charge in [0.1, 0.15) is 0 Å². The zero-order chi connectivity index (χ0) is 14.6. The Hall–Kier alpha value is 0. The first-order chi connectivity index (χ1) is 8.16. The molecular weight excluding hydrogens is 216 g/mol. The Morgan fingerprint density at radius 2 is 1.22 bits per heavy atom. The molecule has 110 valence electrons. The summed E-state index contributed by atoms with van der Waals surface area (Å²) in [5.74, 6) is 0.805. The molecule has 0 amide bonds. The van der Waals surface area contributed by atoms with E-state index in [4.69, 9.17) is 0 Å². The summed E-state index contributed by atoms with van der Waals surface area (Å²) in [6.07, 6.45) is 6.52. The molecule has 0 spiro atoms. The molecule has 0 aromatic carbocycles. The second kappa shape index (κ2) is 6.44. The second-order valence-electron chi connectivity index (χ2n) is 7.35. The van der Waals surface area contributed by atoms with Crippen molar-refractivity contribution in [3.05, 3.63) is 0 Å². The lowest BCUT2D eigenvalue weighted by atomic mass is 9.47. The largest absolute Gasteiger partial charge is 0.0654 e. The van der Waals surface area contributed by atoms with E-state index in [-0.39, 0.29) is 0 Å². The minimum absolute atomic E-state index is 0.382. The van der Waals surface area contributed by atoms with Crippen molar-refractivity contribution >= 4 is 0 Å². The van der Waals surface area contributed by atoms with Crippen molar-refractivity contribution in [2.45, 2.75) is 94.4 Å². The summed E-state index contributed by atoms with van der Waals surface area (Å²) in [7, 11) is 0. The van der Waals surface area contributed by atoms with Crippen LogP contribution in [-0.2, 0) is 0 Å². The highest BCUT2D eigenvalue weighted by Crippen LogP contribution is 2.59. The maximum absolute atomic E-state index is 2.54. The van der Waals surface area contributed by atoms with Crippen molar-refractivity contribution in [3.63, 3.8) is 0 Å². The Bertz CT molecular complexity index is 234. The molecule has 0 aromatic rings. The predicted molar refractivity (Wildman–Crippen MR) is 84.9 cm³/mol. The smallest absolute Gasteiger partial charge is 0.0244 e. The van der Waals surface area contributed by atoms with Gasteiger partial charge in [0.05, 0.1) is 0 Å². The van der Waals surface area contributed by atoms with Crippen LogP contribution in [0.4, 0.5) is 0 Å². The normalized spacial score (nSPS) is 18.5. The molecule has 0 rings (SSSR count). The fraction of sp³-hybridized carbons (Fsp3) is 1.00. The molecule has 0 heterocycles. The van der Waals surface area contributed by atoms with Crippen LogP contribution in [0.3, 0.4) is 0 Å². The molecule has 0 bridgehead atoms. The average molecular weight is 255 g/mol. The van der Waals surface area contributed by atoms with Gasteiger partial charge in [-0.1, -0.05) is 88.0 Å². The van der Waals surface area contributed by atoms with Crippen LogP contribution in [0.2, 0.25) is 0 Å². The Morgan fingerprint density at radius 1 is 0.778 bits per heavy atom. The standard InChI is InChI=1S/C18H38/c1-10-14-15(5)18(9,13-4)16(6,7)17(8,11-2)12-3/h15H,10-14H2,1-9H3. The van der Waals surface area contributed by atoms with E-state index in [0.29, 0.717) is 16.2 Å². The fourth-order valence-electron chi connectivity index (χ4n) is 3.98. The molecule has 0 heteroatoms. The van der Waals surface area contributed by atoms with Gasteiger partial charge in [0.2, 0.25) is 0 Å². The first kappa shape index (κ1) is 18.0. The van der Waals surface area contributed by atoms with Gasteiger partial charge in [0, 0.05) is 0 Å². The van der Waals surface area contributed by atoms with Gasteiger partial charge in [-0.2, -0.15) is 0 Å². The minimum Gasteiger partial charge on any atom is -0.0654 e. The van der Waals surface area contributed by atoms with E-state index in [9.17, 15) is 0 Å². The van der Waals surface area contributed by atoms with E-state index >= 15 is 0 Å². The molecule has 0 radical (unpaired) electrons. The van der Waals surface area contributed by atoms with Crippen LogP contribution < -0.4 is 0 Å². The summed E-state index contributed by atoms with van der Waals surface area (Å²) in [5.41, 5.74) is 1.26. The van der Waals surface area contributed by atoms with Crippen molar-refractivity contribution in [1.29, 1.82) is 0 Å². The third-order valence-electron chi connectivity index (χ3n) is 7.04. The van der Waals surface area contributed by atoms with Crippen LogP contribution in [0.25, 0.3) is 0 Å². The summed E-state index contributed by atoms with van der Waals surface area (Å²) < 4.78 is 0.